The van der Waals surface area contributed by atoms with Gasteiger partial charge >= 0.3 is 172 Å². The first-order chi connectivity index (χ1) is 70.4. The van der Waals surface area contributed by atoms with E-state index < -0.39 is 260 Å². The standard InChI is InChI=1S/C17H6O7.C16H6O6.C14H15N3O2.C13H12O6.C12H10O6.C10H8O6.C10H2O6.C8H4O6/c18-13(7-1-3-9-11(5-7)16(21)23-14(9)19)8-2-4-10-12(6-8)17(22)24-15(10)20;17-13-9-3-1-7(5-11(9)15(19)21-13)8-2-4-10-12(6-8)16(20)22-14(10)18;15-11-7-10(8-12(16)9-11)14(18)19-6-4-13-3-1-2-5-17-13;1-5-2-6(7-4-9(14)18-11(7)15)3-8-10(5)13(17)19-12(8)16;13-6-2-4-3-1-5(7(4)10(14)17-6)9-8(3)11(15)18-12(9)16;11-6-2-3-4-1-5(7(3)10(14)15-6)9(13)16-8(4)12;11-7-3-1-4-6(10(14)16-8(4)12)2-5(3)9(13)15-7;9-5-1-2(6(10)13-5)4-3(1)7(11)14-8(4)12/h1-6H;1-6H;1-3,5,7-9H,4,6,15-16H2;2,6-8,10H,3-4H2,1H3;3-5,7-9H,1-2H2;3-5,7H,1-2H2;1-2H;1-4H. The third-order valence-electron chi connectivity index (χ3n) is 28.1. The van der Waals surface area contributed by atoms with Gasteiger partial charge in [0.25, 0.3) is 0 Å². The van der Waals surface area contributed by atoms with Crippen LogP contribution in [0, 0.1) is 107 Å². The van der Waals surface area contributed by atoms with Crippen molar-refractivity contribution in [2.24, 2.45) is 107 Å². The summed E-state index contributed by atoms with van der Waals surface area (Å²) >= 11 is 0. The largest absolute Gasteiger partial charge is 0.462 e. The molecule has 0 radical (unpaired) electrons. The summed E-state index contributed by atoms with van der Waals surface area (Å²) in [4.78, 5) is 347. The van der Waals surface area contributed by atoms with E-state index >= 15 is 0 Å². The molecule has 15 heterocycles. The summed E-state index contributed by atoms with van der Waals surface area (Å²) in [5, 5.41) is -0.0726. The van der Waals surface area contributed by atoms with E-state index in [1.165, 1.54) is 60.7 Å². The maximum atomic E-state index is 12.5. The number of carbonyl (C=O) groups excluding carboxylic acids is 26. The summed E-state index contributed by atoms with van der Waals surface area (Å²) in [5.74, 6) is -25.4. The monoisotopic (exact) mass is 2030 g/mol. The molecule has 4 bridgehead atoms. The molecule has 48 nitrogen and oxygen atoms in total. The number of nitrogen functional groups attached to an aromatic ring is 2. The van der Waals surface area contributed by atoms with Crippen molar-refractivity contribution in [3.8, 4) is 11.1 Å². The number of allylic oxidation sites excluding steroid dienone is 1. The van der Waals surface area contributed by atoms with Crippen molar-refractivity contribution in [2.75, 3.05) is 18.1 Å². The molecule has 148 heavy (non-hydrogen) atoms. The number of ketones is 1. The van der Waals surface area contributed by atoms with Crippen molar-refractivity contribution in [1.82, 2.24) is 4.98 Å². The highest BCUT2D eigenvalue weighted by molar-refractivity contribution is 6.21. The van der Waals surface area contributed by atoms with E-state index in [9.17, 15) is 144 Å². The molecule has 0 spiro atoms. The Bertz CT molecular complexity index is 7570. The Kier molecular flexibility index (Phi) is 24.9. The SMILES string of the molecule is CC1=CC(C2CC(=O)OC2=O)CC2C(=O)OC(=O)C12.Nc1cc(N)cc(C(=O)OCCc2ccccn2)c1.O=C(c1ccc2c(c1)C(=O)OC2=O)c1ccc2c(c1)C(=O)OC2=O.O=C1CC2C3CC(C(=O)OC3=O)C2C(=O)O1.O=C1CC2C3CC(C2C(=O)O1)C1C(=O)OC(=O)C31.O=C1OC(=O)C2C1C1C(=O)OC(=O)C21.O=C1OC(=O)c2cc(-c3ccc4c(c3)C(=O)OC4=O)ccc21.O=c1oc(=O)c2cc3c(=O)oc(=O)c3cc12. The topological polar surface area (TPSA) is 723 Å². The van der Waals surface area contributed by atoms with Gasteiger partial charge in [-0.3, -0.25) is 86.5 Å². The minimum atomic E-state index is -0.824. The fraction of sp³-hybridized carbons (Fsp3) is 0.270. The lowest BCUT2D eigenvalue weighted by molar-refractivity contribution is -0.175. The fourth-order valence-corrected chi connectivity index (χ4v) is 21.4. The highest BCUT2D eigenvalue weighted by Gasteiger charge is 2.73. The van der Waals surface area contributed by atoms with Crippen molar-refractivity contribution < 1.29 is 195 Å². The Morgan fingerprint density at radius 2 is 0.703 bits per heavy atom. The van der Waals surface area contributed by atoms with Gasteiger partial charge < -0.3 is 81.9 Å². The van der Waals surface area contributed by atoms with Crippen LogP contribution < -0.4 is 34.0 Å². The van der Waals surface area contributed by atoms with Gasteiger partial charge in [-0.25, -0.2) is 62.3 Å². The number of nitrogens with zero attached hydrogens (tertiary/aromatic N) is 1. The van der Waals surface area contributed by atoms with Crippen LogP contribution in [0.1, 0.15) is 160 Å². The Labute approximate surface area is 819 Å². The van der Waals surface area contributed by atoms with Crippen LogP contribution in [-0.2, 0) is 145 Å². The second-order valence-electron chi connectivity index (χ2n) is 36.2. The Morgan fingerprint density at radius 3 is 1.16 bits per heavy atom. The Morgan fingerprint density at radius 1 is 0.318 bits per heavy atom. The second-order valence-corrected chi connectivity index (χ2v) is 36.2. The molecule has 748 valence electrons. The average molecular weight is 2030 g/mol. The van der Waals surface area contributed by atoms with Gasteiger partial charge in [-0.15, -0.1) is 0 Å². The molecule has 6 aromatic carbocycles. The predicted molar refractivity (Wildman–Crippen MR) is 467 cm³/mol. The number of aromatic nitrogens is 1. The number of furan rings is 2. The predicted octanol–water partition coefficient (Wildman–Crippen LogP) is 2.71. The quantitative estimate of drug-likeness (QED) is 0.0551. The van der Waals surface area contributed by atoms with E-state index in [2.05, 4.69) is 70.7 Å². The lowest BCUT2D eigenvalue weighted by atomic mass is 9.59. The van der Waals surface area contributed by atoms with Crippen molar-refractivity contribution in [1.29, 1.82) is 0 Å². The van der Waals surface area contributed by atoms with Gasteiger partial charge in [-0.1, -0.05) is 42.0 Å². The van der Waals surface area contributed by atoms with E-state index in [1.807, 2.05) is 18.2 Å². The molecule has 48 heteroatoms. The molecular formula is C100H63N3O45. The van der Waals surface area contributed by atoms with Gasteiger partial charge in [0.05, 0.1) is 168 Å². The molecule has 9 aromatic rings. The zero-order valence-electron chi connectivity index (χ0n) is 75.2. The van der Waals surface area contributed by atoms with Gasteiger partial charge in [-0.05, 0) is 158 Å². The van der Waals surface area contributed by atoms with Gasteiger partial charge in [0, 0.05) is 47.2 Å². The van der Waals surface area contributed by atoms with Gasteiger partial charge in [0.2, 0.25) is 0 Å². The molecule has 14 atom stereocenters. The number of hydrogen-bond acceptors (Lipinski definition) is 48. The zero-order chi connectivity index (χ0) is 105. The summed E-state index contributed by atoms with van der Waals surface area (Å²) in [5.41, 5.74) is 13.4. The van der Waals surface area contributed by atoms with Gasteiger partial charge in [0.1, 0.15) is 0 Å². The second kappa shape index (κ2) is 37.7. The molecule has 8 saturated heterocycles. The van der Waals surface area contributed by atoms with Crippen LogP contribution in [0.4, 0.5) is 11.4 Å². The first-order valence-electron chi connectivity index (χ1n) is 44.8. The molecular weight excluding hydrogens is 1960 g/mol. The van der Waals surface area contributed by atoms with Gasteiger partial charge in [-0.2, -0.15) is 0 Å². The molecule has 14 unspecified atom stereocenters. The molecule has 12 fully saturated rings. The molecule has 4 saturated carbocycles. The van der Waals surface area contributed by atoms with Crippen LogP contribution in [-0.4, -0.2) is 167 Å². The highest BCUT2D eigenvalue weighted by Crippen LogP contribution is 2.63. The van der Waals surface area contributed by atoms with Crippen molar-refractivity contribution >= 4 is 188 Å². The number of ether oxygens (including phenoxy) is 13. The fourth-order valence-electron chi connectivity index (χ4n) is 21.4. The molecule has 17 aliphatic rings. The summed E-state index contributed by atoms with van der Waals surface area (Å²) in [7, 11) is 0. The van der Waals surface area contributed by atoms with Crippen LogP contribution >= 0.6 is 0 Å². The van der Waals surface area contributed by atoms with E-state index in [0.29, 0.717) is 53.7 Å². The van der Waals surface area contributed by atoms with Crippen LogP contribution in [0.25, 0.3) is 32.7 Å². The minimum Gasteiger partial charge on any atom is -0.462 e. The van der Waals surface area contributed by atoms with Gasteiger partial charge in [0.15, 0.2) is 5.78 Å². The molecule has 26 rings (SSSR count). The number of benzene rings is 6. The third kappa shape index (κ3) is 17.5. The van der Waals surface area contributed by atoms with Crippen LogP contribution in [0.5, 0.6) is 0 Å². The zero-order valence-corrected chi connectivity index (χ0v) is 75.2. The molecule has 0 amide bonds. The summed E-state index contributed by atoms with van der Waals surface area (Å²) in [6, 6.07) is 29.9. The van der Waals surface area contributed by atoms with E-state index in [4.69, 9.17) is 16.2 Å². The van der Waals surface area contributed by atoms with Crippen LogP contribution in [0.2, 0.25) is 0 Å². The summed E-state index contributed by atoms with van der Waals surface area (Å²) in [6.45, 7) is 2.01. The number of hydrogen-bond donors (Lipinski definition) is 2. The lowest BCUT2D eigenvalue weighted by Gasteiger charge is -2.35. The highest BCUT2D eigenvalue weighted by atomic mass is 16.6. The minimum absolute atomic E-state index is 0.0138. The van der Waals surface area contributed by atoms with E-state index in [0.717, 1.165) is 23.4 Å². The number of nitrogens with two attached hydrogens (primary N) is 2. The van der Waals surface area contributed by atoms with Crippen molar-refractivity contribution in [3.63, 3.8) is 0 Å². The molecule has 3 aromatic heterocycles. The molecule has 4 N–H and O–H groups in total. The number of pyridine rings is 1. The van der Waals surface area contributed by atoms with Crippen LogP contribution in [0.15, 0.2) is 167 Å². The van der Waals surface area contributed by atoms with E-state index in [-0.39, 0.29) is 127 Å². The Hall–Kier alpha value is -19.1. The number of rotatable bonds is 8. The average Bonchev–Trinajstić information content (AvgIpc) is 1.55. The summed E-state index contributed by atoms with van der Waals surface area (Å²) < 4.78 is 68.0. The lowest BCUT2D eigenvalue weighted by Crippen LogP contribution is -2.50. The maximum Gasteiger partial charge on any atom is 0.346 e. The molecule has 12 aliphatic heterocycles. The molecule has 5 aliphatic carbocycles. The normalized spacial score (nSPS) is 26.7. The number of anilines is 2. The Balaban J connectivity index is 0.000000107. The number of carbonyl (C=O) groups is 26. The summed E-state index contributed by atoms with van der Waals surface area (Å²) in [6.07, 6.45) is 5.59. The number of fused-ring (bicyclic) bond motifs is 24. The van der Waals surface area contributed by atoms with Crippen molar-refractivity contribution in [2.45, 2.75) is 51.9 Å². The third-order valence-corrected chi connectivity index (χ3v) is 28.1. The first kappa shape index (κ1) is 97.7. The van der Waals surface area contributed by atoms with Crippen LogP contribution in [0.3, 0.4) is 0 Å². The van der Waals surface area contributed by atoms with Crippen molar-refractivity contribution in [3.05, 3.63) is 248 Å². The smallest absolute Gasteiger partial charge is 0.346 e. The number of esters is 25. The first-order valence-corrected chi connectivity index (χ1v) is 44.8. The van der Waals surface area contributed by atoms with E-state index in [1.54, 1.807) is 49.5 Å². The maximum absolute atomic E-state index is 12.5. The number of cyclic esters (lactones) is 24.